The van der Waals surface area contributed by atoms with Crippen molar-refractivity contribution in [1.29, 1.82) is 0 Å². The van der Waals surface area contributed by atoms with Crippen LogP contribution >= 0.6 is 11.3 Å². The summed E-state index contributed by atoms with van der Waals surface area (Å²) in [7, 11) is 0. The summed E-state index contributed by atoms with van der Waals surface area (Å²) >= 11 is 1.80. The van der Waals surface area contributed by atoms with E-state index in [1.807, 2.05) is 6.07 Å². The molecule has 20 heavy (non-hydrogen) atoms. The van der Waals surface area contributed by atoms with Crippen molar-refractivity contribution < 1.29 is 4.74 Å². The Morgan fingerprint density at radius 3 is 2.75 bits per heavy atom. The fourth-order valence-corrected chi connectivity index (χ4v) is 2.96. The molecule has 0 bridgehead atoms. The third kappa shape index (κ3) is 4.09. The monoisotopic (exact) mass is 289 g/mol. The lowest BCUT2D eigenvalue weighted by atomic mass is 10.0. The summed E-state index contributed by atoms with van der Waals surface area (Å²) in [6.07, 6.45) is 2.17. The number of ether oxygens (including phenoxy) is 1. The molecule has 0 radical (unpaired) electrons. The molecule has 0 aliphatic rings. The van der Waals surface area contributed by atoms with Crippen LogP contribution in [0.5, 0.6) is 5.75 Å². The topological polar surface area (TPSA) is 21.3 Å². The maximum atomic E-state index is 5.74. The van der Waals surface area contributed by atoms with Gasteiger partial charge in [0.05, 0.1) is 12.6 Å². The van der Waals surface area contributed by atoms with Gasteiger partial charge < -0.3 is 10.1 Å². The second-order valence-corrected chi connectivity index (χ2v) is 5.80. The average molecular weight is 289 g/mol. The van der Waals surface area contributed by atoms with Gasteiger partial charge in [-0.15, -0.1) is 11.3 Å². The van der Waals surface area contributed by atoms with E-state index < -0.39 is 0 Å². The number of thiophene rings is 1. The molecule has 0 amide bonds. The predicted molar refractivity (Wildman–Crippen MR) is 86.7 cm³/mol. The number of hydrogen-bond donors (Lipinski definition) is 1. The second-order valence-electron chi connectivity index (χ2n) is 4.82. The SMILES string of the molecule is CCCNC(c1cccc(OCCC)c1)c1cccs1. The highest BCUT2D eigenvalue weighted by molar-refractivity contribution is 7.10. The van der Waals surface area contributed by atoms with E-state index in [2.05, 4.69) is 54.9 Å². The van der Waals surface area contributed by atoms with Crippen LogP contribution in [-0.4, -0.2) is 13.2 Å². The Bertz CT molecular complexity index is 495. The smallest absolute Gasteiger partial charge is 0.119 e. The van der Waals surface area contributed by atoms with Crippen LogP contribution in [0.3, 0.4) is 0 Å². The van der Waals surface area contributed by atoms with E-state index in [0.717, 1.165) is 31.7 Å². The van der Waals surface area contributed by atoms with Gasteiger partial charge in [0.1, 0.15) is 5.75 Å². The molecule has 3 heteroatoms. The molecule has 0 aliphatic heterocycles. The minimum Gasteiger partial charge on any atom is -0.494 e. The molecule has 1 aromatic heterocycles. The fraction of sp³-hybridized carbons (Fsp3) is 0.412. The number of nitrogens with one attached hydrogen (secondary N) is 1. The van der Waals surface area contributed by atoms with Crippen molar-refractivity contribution in [2.45, 2.75) is 32.7 Å². The normalized spacial score (nSPS) is 12.3. The molecule has 108 valence electrons. The van der Waals surface area contributed by atoms with Crippen LogP contribution in [0.15, 0.2) is 41.8 Å². The average Bonchev–Trinajstić information content (AvgIpc) is 3.00. The Kier molecular flexibility index (Phi) is 6.09. The number of benzene rings is 1. The standard InChI is InChI=1S/C17H23NOS/c1-3-10-18-17(16-9-6-12-20-16)14-7-5-8-15(13-14)19-11-4-2/h5-9,12-13,17-18H,3-4,10-11H2,1-2H3. The summed E-state index contributed by atoms with van der Waals surface area (Å²) < 4.78 is 5.74. The number of rotatable bonds is 8. The van der Waals surface area contributed by atoms with Gasteiger partial charge in [-0.3, -0.25) is 0 Å². The van der Waals surface area contributed by atoms with E-state index >= 15 is 0 Å². The molecular weight excluding hydrogens is 266 g/mol. The summed E-state index contributed by atoms with van der Waals surface area (Å²) in [4.78, 5) is 1.35. The lowest BCUT2D eigenvalue weighted by Gasteiger charge is -2.18. The Labute approximate surface area is 125 Å². The third-order valence-corrected chi connectivity index (χ3v) is 4.03. The predicted octanol–water partition coefficient (Wildman–Crippen LogP) is 4.63. The van der Waals surface area contributed by atoms with Gasteiger partial charge in [-0.05, 0) is 48.5 Å². The van der Waals surface area contributed by atoms with Crippen LogP contribution in [0.1, 0.15) is 43.2 Å². The highest BCUT2D eigenvalue weighted by Gasteiger charge is 2.14. The van der Waals surface area contributed by atoms with Crippen LogP contribution in [-0.2, 0) is 0 Å². The Hall–Kier alpha value is -1.32. The van der Waals surface area contributed by atoms with Crippen molar-refractivity contribution in [3.63, 3.8) is 0 Å². The van der Waals surface area contributed by atoms with Gasteiger partial charge in [0.2, 0.25) is 0 Å². The van der Waals surface area contributed by atoms with E-state index in [1.54, 1.807) is 11.3 Å². The summed E-state index contributed by atoms with van der Waals surface area (Å²) in [6.45, 7) is 6.11. The fourth-order valence-electron chi connectivity index (χ4n) is 2.13. The minimum atomic E-state index is 0.264. The highest BCUT2D eigenvalue weighted by Crippen LogP contribution is 2.28. The Morgan fingerprint density at radius 2 is 2.05 bits per heavy atom. The molecule has 1 atom stereocenters. The van der Waals surface area contributed by atoms with Gasteiger partial charge in [-0.1, -0.05) is 32.0 Å². The summed E-state index contributed by atoms with van der Waals surface area (Å²) in [5.74, 6) is 0.962. The zero-order valence-electron chi connectivity index (χ0n) is 12.3. The molecule has 0 spiro atoms. The van der Waals surface area contributed by atoms with Gasteiger partial charge in [0.25, 0.3) is 0 Å². The van der Waals surface area contributed by atoms with Crippen molar-refractivity contribution in [3.8, 4) is 5.75 Å². The van der Waals surface area contributed by atoms with E-state index in [1.165, 1.54) is 10.4 Å². The minimum absolute atomic E-state index is 0.264. The summed E-state index contributed by atoms with van der Waals surface area (Å²) in [6, 6.07) is 13.0. The largest absolute Gasteiger partial charge is 0.494 e. The van der Waals surface area contributed by atoms with Gasteiger partial charge in [0, 0.05) is 4.88 Å². The molecule has 0 fully saturated rings. The summed E-state index contributed by atoms with van der Waals surface area (Å²) in [5, 5.41) is 5.76. The second kappa shape index (κ2) is 8.08. The van der Waals surface area contributed by atoms with Crippen LogP contribution < -0.4 is 10.1 Å². The molecule has 2 nitrogen and oxygen atoms in total. The van der Waals surface area contributed by atoms with Crippen LogP contribution in [0, 0.1) is 0 Å². The van der Waals surface area contributed by atoms with E-state index in [9.17, 15) is 0 Å². The zero-order valence-corrected chi connectivity index (χ0v) is 13.1. The first-order valence-electron chi connectivity index (χ1n) is 7.34. The van der Waals surface area contributed by atoms with E-state index in [-0.39, 0.29) is 6.04 Å². The van der Waals surface area contributed by atoms with Gasteiger partial charge >= 0.3 is 0 Å². The van der Waals surface area contributed by atoms with E-state index in [0.29, 0.717) is 0 Å². The molecule has 1 heterocycles. The van der Waals surface area contributed by atoms with Crippen LogP contribution in [0.2, 0.25) is 0 Å². The Balaban J connectivity index is 2.19. The van der Waals surface area contributed by atoms with Crippen molar-refractivity contribution in [3.05, 3.63) is 52.2 Å². The van der Waals surface area contributed by atoms with Crippen molar-refractivity contribution in [2.75, 3.05) is 13.2 Å². The molecule has 0 saturated heterocycles. The van der Waals surface area contributed by atoms with Crippen LogP contribution in [0.4, 0.5) is 0 Å². The lowest BCUT2D eigenvalue weighted by Crippen LogP contribution is -2.22. The molecular formula is C17H23NOS. The van der Waals surface area contributed by atoms with Crippen molar-refractivity contribution >= 4 is 11.3 Å². The first kappa shape index (κ1) is 15.1. The van der Waals surface area contributed by atoms with Gasteiger partial charge in [-0.2, -0.15) is 0 Å². The highest BCUT2D eigenvalue weighted by atomic mass is 32.1. The van der Waals surface area contributed by atoms with Gasteiger partial charge in [0.15, 0.2) is 0 Å². The quantitative estimate of drug-likeness (QED) is 0.765. The lowest BCUT2D eigenvalue weighted by molar-refractivity contribution is 0.317. The van der Waals surface area contributed by atoms with Gasteiger partial charge in [-0.25, -0.2) is 0 Å². The maximum Gasteiger partial charge on any atom is 0.119 e. The summed E-state index contributed by atoms with van der Waals surface area (Å²) in [5.41, 5.74) is 1.27. The third-order valence-electron chi connectivity index (χ3n) is 3.09. The Morgan fingerprint density at radius 1 is 1.15 bits per heavy atom. The molecule has 1 N–H and O–H groups in total. The molecule has 2 rings (SSSR count). The molecule has 0 aliphatic carbocycles. The first-order valence-corrected chi connectivity index (χ1v) is 8.22. The molecule has 1 aromatic carbocycles. The molecule has 2 aromatic rings. The number of hydrogen-bond acceptors (Lipinski definition) is 3. The van der Waals surface area contributed by atoms with Crippen LogP contribution in [0.25, 0.3) is 0 Å². The van der Waals surface area contributed by atoms with Crippen molar-refractivity contribution in [2.24, 2.45) is 0 Å². The van der Waals surface area contributed by atoms with E-state index in [4.69, 9.17) is 4.74 Å². The maximum absolute atomic E-state index is 5.74. The first-order chi connectivity index (χ1) is 9.85. The molecule has 1 unspecified atom stereocenters. The van der Waals surface area contributed by atoms with Crippen molar-refractivity contribution in [1.82, 2.24) is 5.32 Å². The molecule has 0 saturated carbocycles. The zero-order chi connectivity index (χ0) is 14.2.